The second kappa shape index (κ2) is 5.27. The van der Waals surface area contributed by atoms with Gasteiger partial charge in [-0.1, -0.05) is 12.2 Å². The first-order chi connectivity index (χ1) is 9.56. The van der Waals surface area contributed by atoms with Crippen molar-refractivity contribution in [3.63, 3.8) is 0 Å². The molecule has 2 unspecified atom stereocenters. The van der Waals surface area contributed by atoms with Gasteiger partial charge in [0, 0.05) is 18.8 Å². The first-order valence-electron chi connectivity index (χ1n) is 7.00. The number of anilines is 1. The van der Waals surface area contributed by atoms with E-state index in [2.05, 4.69) is 0 Å². The molecule has 0 saturated carbocycles. The Morgan fingerprint density at radius 3 is 2.55 bits per heavy atom. The van der Waals surface area contributed by atoms with E-state index in [-0.39, 0.29) is 0 Å². The van der Waals surface area contributed by atoms with E-state index in [4.69, 9.17) is 22.9 Å². The molecule has 1 fully saturated rings. The zero-order valence-electron chi connectivity index (χ0n) is 11.2. The number of aliphatic hydroxyl groups is 2. The lowest BCUT2D eigenvalue weighted by atomic mass is 9.94. The van der Waals surface area contributed by atoms with Crippen molar-refractivity contribution < 1.29 is 10.2 Å². The first-order valence-corrected chi connectivity index (χ1v) is 7.41. The molecule has 0 amide bonds. The highest BCUT2D eigenvalue weighted by atomic mass is 32.1. The molecule has 2 aliphatic rings. The number of rotatable bonds is 2. The maximum atomic E-state index is 9.71. The molecule has 108 valence electrons. The molecule has 6 heteroatoms. The fourth-order valence-corrected chi connectivity index (χ4v) is 3.14. The molecule has 1 aromatic rings. The predicted molar refractivity (Wildman–Crippen MR) is 81.0 cm³/mol. The van der Waals surface area contributed by atoms with Gasteiger partial charge in [0.15, 0.2) is 0 Å². The number of β-amino-alcohol motifs (C(OH)–C–C–N with tert-alkyl or cyclic N) is 2. The van der Waals surface area contributed by atoms with Gasteiger partial charge in [-0.05, 0) is 37.3 Å². The van der Waals surface area contributed by atoms with Crippen molar-refractivity contribution in [1.82, 2.24) is 4.98 Å². The van der Waals surface area contributed by atoms with Crippen LogP contribution in [0, 0.1) is 0 Å². The maximum Gasteiger partial charge on any atom is 0.139 e. The second-order valence-corrected chi connectivity index (χ2v) is 6.02. The Bertz CT molecular complexity index is 539. The number of aromatic nitrogens is 1. The van der Waals surface area contributed by atoms with E-state index >= 15 is 0 Å². The molecule has 0 aromatic carbocycles. The van der Waals surface area contributed by atoms with Crippen LogP contribution in [0.3, 0.4) is 0 Å². The fourth-order valence-electron chi connectivity index (χ4n) is 2.99. The second-order valence-electron chi connectivity index (χ2n) is 5.58. The van der Waals surface area contributed by atoms with Gasteiger partial charge in [-0.15, -0.1) is 0 Å². The van der Waals surface area contributed by atoms with Gasteiger partial charge in [-0.25, -0.2) is 4.98 Å². The summed E-state index contributed by atoms with van der Waals surface area (Å²) >= 11 is 5.14. The van der Waals surface area contributed by atoms with Gasteiger partial charge in [0.1, 0.15) is 10.8 Å². The van der Waals surface area contributed by atoms with Crippen molar-refractivity contribution in [3.8, 4) is 0 Å². The molecule has 1 saturated heterocycles. The van der Waals surface area contributed by atoms with Gasteiger partial charge in [-0.3, -0.25) is 0 Å². The van der Waals surface area contributed by atoms with E-state index in [1.165, 1.54) is 12.0 Å². The van der Waals surface area contributed by atoms with Crippen molar-refractivity contribution in [2.75, 3.05) is 18.0 Å². The highest BCUT2D eigenvalue weighted by molar-refractivity contribution is 7.80. The first kappa shape index (κ1) is 13.7. The summed E-state index contributed by atoms with van der Waals surface area (Å²) in [5.74, 6) is 0.703. The summed E-state index contributed by atoms with van der Waals surface area (Å²) in [6.45, 7) is 0.727. The van der Waals surface area contributed by atoms with Crippen molar-refractivity contribution in [2.45, 2.75) is 37.9 Å². The zero-order valence-corrected chi connectivity index (χ0v) is 12.1. The van der Waals surface area contributed by atoms with Crippen LogP contribution in [0.25, 0.3) is 0 Å². The van der Waals surface area contributed by atoms with Crippen LogP contribution in [0.1, 0.15) is 29.7 Å². The Morgan fingerprint density at radius 1 is 1.25 bits per heavy atom. The van der Waals surface area contributed by atoms with Crippen LogP contribution in [0.2, 0.25) is 0 Å². The van der Waals surface area contributed by atoms with E-state index in [1.54, 1.807) is 0 Å². The SMILES string of the molecule is NC(=S)c1cc2c(nc1N1CC(O)C(O)C1)CCCC2. The lowest BCUT2D eigenvalue weighted by Crippen LogP contribution is -2.27. The third-order valence-electron chi connectivity index (χ3n) is 4.10. The lowest BCUT2D eigenvalue weighted by molar-refractivity contribution is 0.0572. The summed E-state index contributed by atoms with van der Waals surface area (Å²) in [6.07, 6.45) is 2.82. The smallest absolute Gasteiger partial charge is 0.139 e. The van der Waals surface area contributed by atoms with Crippen LogP contribution in [0.5, 0.6) is 0 Å². The molecule has 2 atom stereocenters. The van der Waals surface area contributed by atoms with Crippen LogP contribution in [-0.2, 0) is 12.8 Å². The summed E-state index contributed by atoms with van der Waals surface area (Å²) in [5, 5.41) is 19.4. The Labute approximate surface area is 123 Å². The summed E-state index contributed by atoms with van der Waals surface area (Å²) in [4.78, 5) is 6.91. The maximum absolute atomic E-state index is 9.71. The quantitative estimate of drug-likeness (QED) is 0.673. The number of pyridine rings is 1. The molecular formula is C14H19N3O2S. The van der Waals surface area contributed by atoms with Crippen molar-refractivity contribution in [3.05, 3.63) is 22.9 Å². The van der Waals surface area contributed by atoms with E-state index in [0.717, 1.165) is 30.5 Å². The van der Waals surface area contributed by atoms with Crippen LogP contribution in [0.4, 0.5) is 5.82 Å². The summed E-state index contributed by atoms with van der Waals surface area (Å²) in [7, 11) is 0. The Morgan fingerprint density at radius 2 is 1.90 bits per heavy atom. The number of aliphatic hydroxyl groups excluding tert-OH is 2. The van der Waals surface area contributed by atoms with Crippen molar-refractivity contribution in [2.24, 2.45) is 5.73 Å². The van der Waals surface area contributed by atoms with E-state index in [1.807, 2.05) is 11.0 Å². The van der Waals surface area contributed by atoms with Gasteiger partial charge in [0.25, 0.3) is 0 Å². The lowest BCUT2D eigenvalue weighted by Gasteiger charge is -2.24. The normalized spacial score (nSPS) is 25.6. The molecule has 20 heavy (non-hydrogen) atoms. The number of nitrogens with two attached hydrogens (primary N) is 1. The van der Waals surface area contributed by atoms with Crippen LogP contribution in [-0.4, -0.2) is 45.5 Å². The summed E-state index contributed by atoms with van der Waals surface area (Å²) in [6, 6.07) is 2.04. The molecule has 1 aromatic heterocycles. The molecule has 0 bridgehead atoms. The van der Waals surface area contributed by atoms with E-state index in [9.17, 15) is 10.2 Å². The third kappa shape index (κ3) is 2.39. The number of fused-ring (bicyclic) bond motifs is 1. The molecule has 0 spiro atoms. The fraction of sp³-hybridized carbons (Fsp3) is 0.571. The van der Waals surface area contributed by atoms with Gasteiger partial charge < -0.3 is 20.8 Å². The van der Waals surface area contributed by atoms with Crippen LogP contribution in [0.15, 0.2) is 6.07 Å². The summed E-state index contributed by atoms with van der Waals surface area (Å²) in [5.41, 5.74) is 8.90. The Balaban J connectivity index is 2.02. The number of hydrogen-bond donors (Lipinski definition) is 3. The minimum absolute atomic E-state index is 0.316. The van der Waals surface area contributed by atoms with E-state index < -0.39 is 12.2 Å². The van der Waals surface area contributed by atoms with Gasteiger partial charge in [0.05, 0.1) is 17.8 Å². The van der Waals surface area contributed by atoms with Crippen molar-refractivity contribution >= 4 is 23.0 Å². The monoisotopic (exact) mass is 293 g/mol. The van der Waals surface area contributed by atoms with Crippen LogP contribution < -0.4 is 10.6 Å². The van der Waals surface area contributed by atoms with Gasteiger partial charge in [-0.2, -0.15) is 0 Å². The Kier molecular flexibility index (Phi) is 3.62. The number of thiocarbonyl (C=S) groups is 1. The predicted octanol–water partition coefficient (Wildman–Crippen LogP) is 0.136. The Hall–Kier alpha value is -1.24. The number of nitrogens with zero attached hydrogens (tertiary/aromatic N) is 2. The molecule has 5 nitrogen and oxygen atoms in total. The largest absolute Gasteiger partial charge is 0.389 e. The minimum atomic E-state index is -0.743. The zero-order chi connectivity index (χ0) is 14.3. The molecule has 0 radical (unpaired) electrons. The number of hydrogen-bond acceptors (Lipinski definition) is 5. The highest BCUT2D eigenvalue weighted by Crippen LogP contribution is 2.29. The molecule has 2 heterocycles. The highest BCUT2D eigenvalue weighted by Gasteiger charge is 2.32. The average molecular weight is 293 g/mol. The van der Waals surface area contributed by atoms with Gasteiger partial charge in [0.2, 0.25) is 0 Å². The van der Waals surface area contributed by atoms with Crippen LogP contribution >= 0.6 is 12.2 Å². The van der Waals surface area contributed by atoms with E-state index in [0.29, 0.717) is 23.9 Å². The number of aryl methyl sites for hydroxylation is 2. The molecular weight excluding hydrogens is 274 g/mol. The minimum Gasteiger partial charge on any atom is -0.389 e. The molecule has 1 aliphatic carbocycles. The topological polar surface area (TPSA) is 82.6 Å². The molecule has 1 aliphatic heterocycles. The third-order valence-corrected chi connectivity index (χ3v) is 4.32. The summed E-state index contributed by atoms with van der Waals surface area (Å²) < 4.78 is 0. The van der Waals surface area contributed by atoms with Gasteiger partial charge >= 0.3 is 0 Å². The standard InChI is InChI=1S/C14H19N3O2S/c15-13(20)9-5-8-3-1-2-4-10(8)16-14(9)17-6-11(18)12(19)7-17/h5,11-12,18-19H,1-4,6-7H2,(H2,15,20). The molecule has 3 rings (SSSR count). The molecule has 4 N–H and O–H groups in total. The average Bonchev–Trinajstić information content (AvgIpc) is 2.77. The van der Waals surface area contributed by atoms with Crippen molar-refractivity contribution in [1.29, 1.82) is 0 Å².